The van der Waals surface area contributed by atoms with Gasteiger partial charge in [0.25, 0.3) is 0 Å². The van der Waals surface area contributed by atoms with Crippen LogP contribution in [0, 0.1) is 5.82 Å². The van der Waals surface area contributed by atoms with Crippen LogP contribution in [0.25, 0.3) is 0 Å². The molecule has 0 heterocycles. The first-order chi connectivity index (χ1) is 9.10. The molecule has 0 unspecified atom stereocenters. The van der Waals surface area contributed by atoms with Crippen LogP contribution >= 0.6 is 27.5 Å². The van der Waals surface area contributed by atoms with Crippen molar-refractivity contribution >= 4 is 27.5 Å². The van der Waals surface area contributed by atoms with Crippen LogP contribution in [0.4, 0.5) is 4.39 Å². The predicted octanol–water partition coefficient (Wildman–Crippen LogP) is 4.54. The third kappa shape index (κ3) is 3.69. The zero-order valence-electron chi connectivity index (χ0n) is 10.00. The topological polar surface area (TPSA) is 35.2 Å². The standard InChI is InChI=1S/C14H12BrClFNO/c15-10-2-4-13(17)14(7-10)19-11-3-1-9(5-6-18)12(16)8-11/h1-4,7-8H,5-6,18H2. The molecule has 5 heteroatoms. The molecule has 0 spiro atoms. The minimum Gasteiger partial charge on any atom is -0.454 e. The van der Waals surface area contributed by atoms with Crippen LogP contribution in [0.15, 0.2) is 40.9 Å². The molecule has 2 aromatic rings. The molecule has 2 aromatic carbocycles. The third-order valence-corrected chi connectivity index (χ3v) is 3.40. The Bertz CT molecular complexity index is 592. The van der Waals surface area contributed by atoms with Crippen molar-refractivity contribution in [3.63, 3.8) is 0 Å². The molecule has 0 aliphatic rings. The maximum Gasteiger partial charge on any atom is 0.165 e. The largest absolute Gasteiger partial charge is 0.454 e. The van der Waals surface area contributed by atoms with Crippen LogP contribution in [0.3, 0.4) is 0 Å². The zero-order valence-corrected chi connectivity index (χ0v) is 12.3. The van der Waals surface area contributed by atoms with E-state index in [9.17, 15) is 4.39 Å². The summed E-state index contributed by atoms with van der Waals surface area (Å²) in [6.07, 6.45) is 0.699. The van der Waals surface area contributed by atoms with Crippen LogP contribution in [-0.4, -0.2) is 6.54 Å². The molecule has 0 fully saturated rings. The Morgan fingerprint density at radius 3 is 2.68 bits per heavy atom. The van der Waals surface area contributed by atoms with Crippen molar-refractivity contribution < 1.29 is 9.13 Å². The van der Waals surface area contributed by atoms with Gasteiger partial charge in [0.15, 0.2) is 11.6 Å². The highest BCUT2D eigenvalue weighted by Crippen LogP contribution is 2.30. The summed E-state index contributed by atoms with van der Waals surface area (Å²) in [5.41, 5.74) is 6.43. The van der Waals surface area contributed by atoms with Gasteiger partial charge in [-0.05, 0) is 48.9 Å². The molecule has 2 rings (SSSR count). The molecule has 19 heavy (non-hydrogen) atoms. The highest BCUT2D eigenvalue weighted by atomic mass is 79.9. The number of nitrogens with two attached hydrogens (primary N) is 1. The smallest absolute Gasteiger partial charge is 0.165 e. The van der Waals surface area contributed by atoms with Gasteiger partial charge in [-0.3, -0.25) is 0 Å². The quantitative estimate of drug-likeness (QED) is 0.884. The van der Waals surface area contributed by atoms with Gasteiger partial charge in [-0.2, -0.15) is 0 Å². The van der Waals surface area contributed by atoms with E-state index in [4.69, 9.17) is 22.1 Å². The first kappa shape index (κ1) is 14.3. The van der Waals surface area contributed by atoms with Crippen LogP contribution in [0.5, 0.6) is 11.5 Å². The van der Waals surface area contributed by atoms with Gasteiger partial charge in [0.2, 0.25) is 0 Å². The monoisotopic (exact) mass is 343 g/mol. The van der Waals surface area contributed by atoms with Crippen molar-refractivity contribution in [2.24, 2.45) is 5.73 Å². The van der Waals surface area contributed by atoms with Crippen LogP contribution in [0.2, 0.25) is 5.02 Å². The van der Waals surface area contributed by atoms with E-state index in [0.717, 1.165) is 10.0 Å². The molecule has 0 saturated carbocycles. The molecule has 0 aliphatic carbocycles. The molecular weight excluding hydrogens is 333 g/mol. The number of hydrogen-bond acceptors (Lipinski definition) is 2. The van der Waals surface area contributed by atoms with E-state index < -0.39 is 5.82 Å². The summed E-state index contributed by atoms with van der Waals surface area (Å²) in [6, 6.07) is 9.75. The van der Waals surface area contributed by atoms with Gasteiger partial charge in [0.05, 0.1) is 0 Å². The lowest BCUT2D eigenvalue weighted by molar-refractivity contribution is 0.442. The molecule has 2 N–H and O–H groups in total. The molecule has 0 atom stereocenters. The average molecular weight is 345 g/mol. The van der Waals surface area contributed by atoms with E-state index in [-0.39, 0.29) is 5.75 Å². The number of rotatable bonds is 4. The molecular formula is C14H12BrClFNO. The van der Waals surface area contributed by atoms with Crippen molar-refractivity contribution in [1.29, 1.82) is 0 Å². The first-order valence-corrected chi connectivity index (χ1v) is 6.88. The van der Waals surface area contributed by atoms with Gasteiger partial charge < -0.3 is 10.5 Å². The predicted molar refractivity (Wildman–Crippen MR) is 78.4 cm³/mol. The molecule has 0 radical (unpaired) electrons. The summed E-state index contributed by atoms with van der Waals surface area (Å²) in [4.78, 5) is 0. The fourth-order valence-corrected chi connectivity index (χ4v) is 2.24. The first-order valence-electron chi connectivity index (χ1n) is 5.71. The molecule has 0 aromatic heterocycles. The minimum atomic E-state index is -0.426. The number of ether oxygens (including phenoxy) is 1. The van der Waals surface area contributed by atoms with E-state index in [1.54, 1.807) is 24.3 Å². The summed E-state index contributed by atoms with van der Waals surface area (Å²) in [5, 5.41) is 0.568. The van der Waals surface area contributed by atoms with E-state index >= 15 is 0 Å². The molecule has 0 amide bonds. The highest BCUT2D eigenvalue weighted by molar-refractivity contribution is 9.10. The van der Waals surface area contributed by atoms with Gasteiger partial charge in [0.1, 0.15) is 5.75 Å². The van der Waals surface area contributed by atoms with Crippen molar-refractivity contribution in [1.82, 2.24) is 0 Å². The lowest BCUT2D eigenvalue weighted by Crippen LogP contribution is -2.03. The van der Waals surface area contributed by atoms with Crippen molar-refractivity contribution in [2.45, 2.75) is 6.42 Å². The summed E-state index contributed by atoms with van der Waals surface area (Å²) in [6.45, 7) is 0.528. The maximum atomic E-state index is 13.6. The highest BCUT2D eigenvalue weighted by Gasteiger charge is 2.07. The second kappa shape index (κ2) is 6.37. The fraction of sp³-hybridized carbons (Fsp3) is 0.143. The second-order valence-electron chi connectivity index (χ2n) is 3.97. The van der Waals surface area contributed by atoms with E-state index in [1.165, 1.54) is 6.07 Å². The van der Waals surface area contributed by atoms with Crippen LogP contribution in [0.1, 0.15) is 5.56 Å². The zero-order chi connectivity index (χ0) is 13.8. The minimum absolute atomic E-state index is 0.150. The fourth-order valence-electron chi connectivity index (χ4n) is 1.63. The lowest BCUT2D eigenvalue weighted by atomic mass is 10.1. The molecule has 2 nitrogen and oxygen atoms in total. The summed E-state index contributed by atoms with van der Waals surface area (Å²) < 4.78 is 19.8. The van der Waals surface area contributed by atoms with Crippen molar-refractivity contribution in [3.05, 3.63) is 57.3 Å². The number of hydrogen-bond donors (Lipinski definition) is 1. The SMILES string of the molecule is NCCc1ccc(Oc2cc(Br)ccc2F)cc1Cl. The third-order valence-electron chi connectivity index (χ3n) is 2.56. The normalized spacial score (nSPS) is 10.5. The molecule has 0 saturated heterocycles. The van der Waals surface area contributed by atoms with E-state index in [1.807, 2.05) is 6.07 Å². The van der Waals surface area contributed by atoms with Gasteiger partial charge in [-0.15, -0.1) is 0 Å². The lowest BCUT2D eigenvalue weighted by Gasteiger charge is -2.09. The van der Waals surface area contributed by atoms with Crippen LogP contribution < -0.4 is 10.5 Å². The Kier molecular flexibility index (Phi) is 4.80. The Morgan fingerprint density at radius 1 is 1.21 bits per heavy atom. The number of benzene rings is 2. The van der Waals surface area contributed by atoms with E-state index in [2.05, 4.69) is 15.9 Å². The maximum absolute atomic E-state index is 13.6. The molecule has 0 bridgehead atoms. The van der Waals surface area contributed by atoms with Crippen molar-refractivity contribution in [3.8, 4) is 11.5 Å². The summed E-state index contributed by atoms with van der Waals surface area (Å²) in [5.74, 6) is 0.213. The summed E-state index contributed by atoms with van der Waals surface area (Å²) >= 11 is 9.38. The average Bonchev–Trinajstić information content (AvgIpc) is 2.37. The Labute approximate surface area is 124 Å². The van der Waals surface area contributed by atoms with Gasteiger partial charge >= 0.3 is 0 Å². The number of halogens is 3. The Morgan fingerprint density at radius 2 is 2.00 bits per heavy atom. The van der Waals surface area contributed by atoms with Crippen molar-refractivity contribution in [2.75, 3.05) is 6.54 Å². The summed E-state index contributed by atoms with van der Waals surface area (Å²) in [7, 11) is 0. The molecule has 0 aliphatic heterocycles. The second-order valence-corrected chi connectivity index (χ2v) is 5.29. The Hall–Kier alpha value is -1.10. The Balaban J connectivity index is 2.24. The van der Waals surface area contributed by atoms with E-state index in [0.29, 0.717) is 23.7 Å². The van der Waals surface area contributed by atoms with Gasteiger partial charge in [-0.25, -0.2) is 4.39 Å². The molecule has 100 valence electrons. The van der Waals surface area contributed by atoms with Gasteiger partial charge in [0, 0.05) is 9.50 Å². The van der Waals surface area contributed by atoms with Gasteiger partial charge in [-0.1, -0.05) is 33.6 Å². The van der Waals surface area contributed by atoms with Crippen LogP contribution in [-0.2, 0) is 6.42 Å².